The summed E-state index contributed by atoms with van der Waals surface area (Å²) in [5, 5.41) is 0. The van der Waals surface area contributed by atoms with Gasteiger partial charge in [-0.25, -0.2) is 13.2 Å². The van der Waals surface area contributed by atoms with Crippen LogP contribution >= 0.6 is 0 Å². The lowest BCUT2D eigenvalue weighted by Crippen LogP contribution is -2.38. The van der Waals surface area contributed by atoms with Crippen molar-refractivity contribution in [3.8, 4) is 0 Å². The van der Waals surface area contributed by atoms with Gasteiger partial charge in [0.15, 0.2) is 15.9 Å². The number of ether oxygens (including phenoxy) is 1. The number of likely N-dealkylation sites (tertiary alicyclic amines) is 1. The minimum Gasteiger partial charge on any atom is -0.449 e. The molecule has 0 radical (unpaired) electrons. The fourth-order valence-electron chi connectivity index (χ4n) is 2.31. The molecule has 0 saturated carbocycles. The van der Waals surface area contributed by atoms with Crippen molar-refractivity contribution in [2.75, 3.05) is 19.3 Å². The third kappa shape index (κ3) is 3.85. The number of amides is 1. The van der Waals surface area contributed by atoms with Crippen molar-refractivity contribution in [2.45, 2.75) is 30.8 Å². The Bertz CT molecular complexity index is 660. The number of hydrogen-bond donors (Lipinski definition) is 0. The topological polar surface area (TPSA) is 80.8 Å². The molecule has 0 bridgehead atoms. The van der Waals surface area contributed by atoms with E-state index in [1.807, 2.05) is 0 Å². The zero-order valence-corrected chi connectivity index (χ0v) is 13.4. The lowest BCUT2D eigenvalue weighted by Gasteiger charge is -2.20. The second-order valence-corrected chi connectivity index (χ2v) is 7.39. The molecule has 0 unspecified atom stereocenters. The van der Waals surface area contributed by atoms with Gasteiger partial charge in [-0.15, -0.1) is 0 Å². The quantitative estimate of drug-likeness (QED) is 0.779. The summed E-state index contributed by atoms with van der Waals surface area (Å²) in [7, 11) is -3.31. The summed E-state index contributed by atoms with van der Waals surface area (Å²) in [6.07, 6.45) is 2.19. The van der Waals surface area contributed by atoms with Crippen molar-refractivity contribution in [1.29, 1.82) is 0 Å². The first-order chi connectivity index (χ1) is 10.3. The van der Waals surface area contributed by atoms with Gasteiger partial charge < -0.3 is 9.64 Å². The molecule has 2 rings (SSSR count). The lowest BCUT2D eigenvalue weighted by molar-refractivity contribution is -0.138. The molecule has 1 atom stereocenters. The van der Waals surface area contributed by atoms with Crippen molar-refractivity contribution < 1.29 is 22.7 Å². The van der Waals surface area contributed by atoms with Crippen molar-refractivity contribution in [3.05, 3.63) is 29.8 Å². The second kappa shape index (κ2) is 6.48. The average Bonchev–Trinajstić information content (AvgIpc) is 2.99. The third-order valence-corrected chi connectivity index (χ3v) is 4.70. The SMILES string of the molecule is C[C@@H](OC(=O)c1ccc(S(C)(=O)=O)cc1)C(=O)N1CCCC1. The van der Waals surface area contributed by atoms with Gasteiger partial charge in [-0.2, -0.15) is 0 Å². The predicted octanol–water partition coefficient (Wildman–Crippen LogP) is 1.26. The Kier molecular flexibility index (Phi) is 4.85. The van der Waals surface area contributed by atoms with E-state index in [0.29, 0.717) is 13.1 Å². The smallest absolute Gasteiger partial charge is 0.338 e. The van der Waals surface area contributed by atoms with Gasteiger partial charge in [-0.1, -0.05) is 0 Å². The van der Waals surface area contributed by atoms with Crippen LogP contribution in [0.3, 0.4) is 0 Å². The summed E-state index contributed by atoms with van der Waals surface area (Å²) in [4.78, 5) is 25.9. The van der Waals surface area contributed by atoms with Crippen LogP contribution in [0.5, 0.6) is 0 Å². The van der Waals surface area contributed by atoms with Crippen molar-refractivity contribution >= 4 is 21.7 Å². The van der Waals surface area contributed by atoms with E-state index in [9.17, 15) is 18.0 Å². The Balaban J connectivity index is 2.01. The molecule has 1 aliphatic heterocycles. The summed E-state index contributed by atoms with van der Waals surface area (Å²) in [6, 6.07) is 5.45. The Morgan fingerprint density at radius 2 is 1.68 bits per heavy atom. The maximum atomic E-state index is 12.1. The molecule has 6 nitrogen and oxygen atoms in total. The van der Waals surface area contributed by atoms with E-state index in [2.05, 4.69) is 0 Å². The molecule has 1 aliphatic rings. The molecule has 1 heterocycles. The van der Waals surface area contributed by atoms with Gasteiger partial charge in [0.05, 0.1) is 10.5 Å². The third-order valence-electron chi connectivity index (χ3n) is 3.57. The Hall–Kier alpha value is -1.89. The summed E-state index contributed by atoms with van der Waals surface area (Å²) >= 11 is 0. The Morgan fingerprint density at radius 3 is 2.18 bits per heavy atom. The van der Waals surface area contributed by atoms with Gasteiger partial charge in [-0.05, 0) is 44.0 Å². The average molecular weight is 325 g/mol. The van der Waals surface area contributed by atoms with E-state index >= 15 is 0 Å². The number of rotatable bonds is 4. The number of hydrogen-bond acceptors (Lipinski definition) is 5. The molecule has 1 fully saturated rings. The first-order valence-corrected chi connectivity index (χ1v) is 8.98. The lowest BCUT2D eigenvalue weighted by atomic mass is 10.2. The first-order valence-electron chi connectivity index (χ1n) is 7.09. The van der Waals surface area contributed by atoms with E-state index in [-0.39, 0.29) is 16.4 Å². The van der Waals surface area contributed by atoms with Gasteiger partial charge >= 0.3 is 5.97 Å². The first kappa shape index (κ1) is 16.5. The van der Waals surface area contributed by atoms with Crippen LogP contribution in [-0.4, -0.2) is 50.6 Å². The molecule has 0 N–H and O–H groups in total. The van der Waals surface area contributed by atoms with Crippen LogP contribution in [0.2, 0.25) is 0 Å². The molecule has 120 valence electrons. The largest absolute Gasteiger partial charge is 0.449 e. The molecular weight excluding hydrogens is 306 g/mol. The summed E-state index contributed by atoms with van der Waals surface area (Å²) < 4.78 is 27.9. The summed E-state index contributed by atoms with van der Waals surface area (Å²) in [5.41, 5.74) is 0.216. The highest BCUT2D eigenvalue weighted by Crippen LogP contribution is 2.14. The van der Waals surface area contributed by atoms with Gasteiger partial charge in [0.1, 0.15) is 0 Å². The number of nitrogens with zero attached hydrogens (tertiary/aromatic N) is 1. The van der Waals surface area contributed by atoms with E-state index in [4.69, 9.17) is 4.74 Å². The molecule has 1 saturated heterocycles. The minimum absolute atomic E-state index is 0.130. The van der Waals surface area contributed by atoms with Gasteiger partial charge in [0, 0.05) is 19.3 Å². The van der Waals surface area contributed by atoms with E-state index in [1.165, 1.54) is 24.3 Å². The van der Waals surface area contributed by atoms with E-state index < -0.39 is 21.9 Å². The van der Waals surface area contributed by atoms with Crippen LogP contribution < -0.4 is 0 Å². The zero-order chi connectivity index (χ0) is 16.3. The second-order valence-electron chi connectivity index (χ2n) is 5.38. The molecule has 0 spiro atoms. The molecule has 1 amide bonds. The predicted molar refractivity (Wildman–Crippen MR) is 80.2 cm³/mol. The summed E-state index contributed by atoms with van der Waals surface area (Å²) in [5.74, 6) is -0.835. The molecular formula is C15H19NO5S. The monoisotopic (exact) mass is 325 g/mol. The number of carbonyl (C=O) groups excluding carboxylic acids is 2. The van der Waals surface area contributed by atoms with Crippen LogP contribution in [0.4, 0.5) is 0 Å². The van der Waals surface area contributed by atoms with Crippen LogP contribution in [0.15, 0.2) is 29.2 Å². The van der Waals surface area contributed by atoms with E-state index in [1.54, 1.807) is 11.8 Å². The maximum absolute atomic E-state index is 12.1. The highest BCUT2D eigenvalue weighted by molar-refractivity contribution is 7.90. The molecule has 22 heavy (non-hydrogen) atoms. The van der Waals surface area contributed by atoms with Crippen LogP contribution in [-0.2, 0) is 19.4 Å². The molecule has 1 aromatic rings. The van der Waals surface area contributed by atoms with Crippen molar-refractivity contribution in [1.82, 2.24) is 4.90 Å². The van der Waals surface area contributed by atoms with Crippen molar-refractivity contribution in [2.24, 2.45) is 0 Å². The highest BCUT2D eigenvalue weighted by atomic mass is 32.2. The number of sulfone groups is 1. The van der Waals surface area contributed by atoms with Gasteiger partial charge in [0.2, 0.25) is 0 Å². The molecule has 0 aromatic heterocycles. The van der Waals surface area contributed by atoms with Crippen LogP contribution in [0, 0.1) is 0 Å². The maximum Gasteiger partial charge on any atom is 0.338 e. The van der Waals surface area contributed by atoms with Crippen LogP contribution in [0.1, 0.15) is 30.1 Å². The fraction of sp³-hybridized carbons (Fsp3) is 0.467. The normalized spacial score (nSPS) is 16.4. The zero-order valence-electron chi connectivity index (χ0n) is 12.6. The number of esters is 1. The Morgan fingerprint density at radius 1 is 1.14 bits per heavy atom. The summed E-state index contributed by atoms with van der Waals surface area (Å²) in [6.45, 7) is 2.94. The molecule has 1 aromatic carbocycles. The molecule has 0 aliphatic carbocycles. The van der Waals surface area contributed by atoms with E-state index in [0.717, 1.165) is 19.1 Å². The molecule has 7 heteroatoms. The number of benzene rings is 1. The van der Waals surface area contributed by atoms with Gasteiger partial charge in [0.25, 0.3) is 5.91 Å². The van der Waals surface area contributed by atoms with Crippen molar-refractivity contribution in [3.63, 3.8) is 0 Å². The van der Waals surface area contributed by atoms with Crippen LogP contribution in [0.25, 0.3) is 0 Å². The number of carbonyl (C=O) groups is 2. The Labute approximate surface area is 130 Å². The van der Waals surface area contributed by atoms with Gasteiger partial charge in [-0.3, -0.25) is 4.79 Å². The fourth-order valence-corrected chi connectivity index (χ4v) is 2.94. The highest BCUT2D eigenvalue weighted by Gasteiger charge is 2.26. The minimum atomic E-state index is -3.31. The standard InChI is InChI=1S/C15H19NO5S/c1-11(14(17)16-9-3-4-10-16)21-15(18)12-5-7-13(8-6-12)22(2,19)20/h5-8,11H,3-4,9-10H2,1-2H3/t11-/m1/s1.